The van der Waals surface area contributed by atoms with E-state index in [0.717, 1.165) is 5.56 Å². The van der Waals surface area contributed by atoms with Crippen LogP contribution in [0.1, 0.15) is 21.5 Å². The van der Waals surface area contributed by atoms with Crippen molar-refractivity contribution < 1.29 is 23.7 Å². The number of nitriles is 1. The molecule has 1 aromatic heterocycles. The molecular weight excluding hydrogens is 398 g/mol. The zero-order valence-electron chi connectivity index (χ0n) is 17.0. The van der Waals surface area contributed by atoms with Crippen molar-refractivity contribution in [2.45, 2.75) is 6.92 Å². The highest BCUT2D eigenvalue weighted by molar-refractivity contribution is 6.05. The number of carbonyl (C=O) groups is 1. The summed E-state index contributed by atoms with van der Waals surface area (Å²) in [6, 6.07) is 13.8. The van der Waals surface area contributed by atoms with Gasteiger partial charge < -0.3 is 24.3 Å². The number of amides is 1. The topological polar surface area (TPSA) is 103 Å². The number of hydrogen-bond acceptors (Lipinski definition) is 7. The van der Waals surface area contributed by atoms with E-state index in [0.29, 0.717) is 53.0 Å². The summed E-state index contributed by atoms with van der Waals surface area (Å²) in [7, 11) is 1.51. The fourth-order valence-electron chi connectivity index (χ4n) is 3.11. The van der Waals surface area contributed by atoms with Gasteiger partial charge in [0, 0.05) is 17.4 Å². The molecule has 2 heterocycles. The first-order valence-corrected chi connectivity index (χ1v) is 9.51. The van der Waals surface area contributed by atoms with Crippen LogP contribution in [-0.2, 0) is 0 Å². The number of hydrogen-bond donors (Lipinski definition) is 1. The summed E-state index contributed by atoms with van der Waals surface area (Å²) in [5.74, 6) is 1.82. The molecule has 3 aromatic rings. The van der Waals surface area contributed by atoms with E-state index in [2.05, 4.69) is 10.3 Å². The minimum Gasteiger partial charge on any atom is -0.493 e. The summed E-state index contributed by atoms with van der Waals surface area (Å²) >= 11 is 0. The molecule has 8 nitrogen and oxygen atoms in total. The average molecular weight is 417 g/mol. The highest BCUT2D eigenvalue weighted by atomic mass is 16.6. The van der Waals surface area contributed by atoms with Crippen LogP contribution in [0.4, 0.5) is 5.69 Å². The summed E-state index contributed by atoms with van der Waals surface area (Å²) in [5, 5.41) is 12.1. The van der Waals surface area contributed by atoms with Gasteiger partial charge in [-0.1, -0.05) is 0 Å². The molecule has 0 saturated carbocycles. The van der Waals surface area contributed by atoms with Gasteiger partial charge in [0.25, 0.3) is 5.91 Å². The van der Waals surface area contributed by atoms with Gasteiger partial charge in [0.1, 0.15) is 30.6 Å². The third-order valence-electron chi connectivity index (χ3n) is 4.64. The molecule has 1 amide bonds. The Morgan fingerprint density at radius 3 is 2.81 bits per heavy atom. The third kappa shape index (κ3) is 4.21. The SMILES string of the molecule is COc1cc(C(=O)Nc2ccc(Oc3ncccc3C#N)cc2C)cc2c1OCCO2. The number of fused-ring (bicyclic) bond motifs is 1. The lowest BCUT2D eigenvalue weighted by atomic mass is 10.1. The van der Waals surface area contributed by atoms with E-state index in [4.69, 9.17) is 18.9 Å². The van der Waals surface area contributed by atoms with Crippen molar-refractivity contribution in [3.63, 3.8) is 0 Å². The maximum absolute atomic E-state index is 12.8. The van der Waals surface area contributed by atoms with Crippen LogP contribution in [0.5, 0.6) is 28.9 Å². The molecule has 4 rings (SSSR count). The molecule has 0 aliphatic carbocycles. The Morgan fingerprint density at radius 2 is 2.03 bits per heavy atom. The van der Waals surface area contributed by atoms with Gasteiger partial charge in [-0.3, -0.25) is 4.79 Å². The minimum absolute atomic E-state index is 0.226. The fraction of sp³-hybridized carbons (Fsp3) is 0.174. The van der Waals surface area contributed by atoms with E-state index >= 15 is 0 Å². The molecule has 0 atom stereocenters. The number of anilines is 1. The van der Waals surface area contributed by atoms with Gasteiger partial charge in [-0.05, 0) is 55.0 Å². The second kappa shape index (κ2) is 8.63. The summed E-state index contributed by atoms with van der Waals surface area (Å²) in [5.41, 5.74) is 2.12. The predicted molar refractivity (Wildman–Crippen MR) is 112 cm³/mol. The van der Waals surface area contributed by atoms with E-state index in [1.165, 1.54) is 7.11 Å². The standard InChI is InChI=1S/C23H19N3O5/c1-14-10-17(31-23-15(13-24)4-3-7-25-23)5-6-18(14)26-22(27)16-11-19(28-2)21-20(12-16)29-8-9-30-21/h3-7,10-12H,8-9H2,1-2H3,(H,26,27). The second-order valence-corrected chi connectivity index (χ2v) is 6.70. The molecule has 156 valence electrons. The molecule has 0 radical (unpaired) electrons. The number of nitrogens with one attached hydrogen (secondary N) is 1. The number of aryl methyl sites for hydroxylation is 1. The lowest BCUT2D eigenvalue weighted by Crippen LogP contribution is -2.18. The Kier molecular flexibility index (Phi) is 5.58. The van der Waals surface area contributed by atoms with Crippen molar-refractivity contribution in [1.82, 2.24) is 4.98 Å². The molecule has 0 saturated heterocycles. The van der Waals surface area contributed by atoms with E-state index in [9.17, 15) is 10.1 Å². The first-order valence-electron chi connectivity index (χ1n) is 9.51. The summed E-state index contributed by atoms with van der Waals surface area (Å²) in [6.07, 6.45) is 1.55. The van der Waals surface area contributed by atoms with E-state index in [1.807, 2.05) is 13.0 Å². The number of ether oxygens (including phenoxy) is 4. The fourth-order valence-corrected chi connectivity index (χ4v) is 3.11. The van der Waals surface area contributed by atoms with Gasteiger partial charge in [-0.25, -0.2) is 4.98 Å². The molecule has 0 fully saturated rings. The summed E-state index contributed by atoms with van der Waals surface area (Å²) < 4.78 is 22.2. The third-order valence-corrected chi connectivity index (χ3v) is 4.64. The van der Waals surface area contributed by atoms with Crippen LogP contribution in [0.25, 0.3) is 0 Å². The minimum atomic E-state index is -0.316. The van der Waals surface area contributed by atoms with Crippen LogP contribution < -0.4 is 24.3 Å². The quantitative estimate of drug-likeness (QED) is 0.667. The van der Waals surface area contributed by atoms with E-state index < -0.39 is 0 Å². The molecule has 0 spiro atoms. The Labute approximate surface area is 179 Å². The van der Waals surface area contributed by atoms with Crippen molar-refractivity contribution in [3.8, 4) is 34.9 Å². The Balaban J connectivity index is 1.53. The maximum atomic E-state index is 12.8. The molecule has 1 aliphatic rings. The Bertz CT molecular complexity index is 1170. The Hall–Kier alpha value is -4.25. The molecule has 31 heavy (non-hydrogen) atoms. The van der Waals surface area contributed by atoms with E-state index in [1.54, 1.807) is 48.7 Å². The molecule has 2 aromatic carbocycles. The van der Waals surface area contributed by atoms with E-state index in [-0.39, 0.29) is 11.8 Å². The first-order chi connectivity index (χ1) is 15.1. The normalized spacial score (nSPS) is 11.9. The van der Waals surface area contributed by atoms with Crippen LogP contribution in [0.2, 0.25) is 0 Å². The lowest BCUT2D eigenvalue weighted by Gasteiger charge is -2.21. The first kappa shape index (κ1) is 20.0. The van der Waals surface area contributed by atoms with Crippen molar-refractivity contribution >= 4 is 11.6 Å². The zero-order valence-corrected chi connectivity index (χ0v) is 17.0. The van der Waals surface area contributed by atoms with Crippen LogP contribution in [0, 0.1) is 18.3 Å². The van der Waals surface area contributed by atoms with Crippen LogP contribution in [-0.4, -0.2) is 31.2 Å². The van der Waals surface area contributed by atoms with Crippen molar-refractivity contribution in [2.24, 2.45) is 0 Å². The number of methoxy groups -OCH3 is 1. The molecule has 8 heteroatoms. The van der Waals surface area contributed by atoms with Gasteiger partial charge in [0.15, 0.2) is 11.5 Å². The highest BCUT2D eigenvalue weighted by Gasteiger charge is 2.21. The monoisotopic (exact) mass is 417 g/mol. The summed E-state index contributed by atoms with van der Waals surface area (Å²) in [6.45, 7) is 2.68. The van der Waals surface area contributed by atoms with Crippen LogP contribution >= 0.6 is 0 Å². The second-order valence-electron chi connectivity index (χ2n) is 6.70. The number of pyridine rings is 1. The number of aromatic nitrogens is 1. The van der Waals surface area contributed by atoms with Gasteiger partial charge in [0.2, 0.25) is 11.6 Å². The molecule has 1 aliphatic heterocycles. The average Bonchev–Trinajstić information content (AvgIpc) is 2.80. The van der Waals surface area contributed by atoms with Gasteiger partial charge >= 0.3 is 0 Å². The number of rotatable bonds is 5. The highest BCUT2D eigenvalue weighted by Crippen LogP contribution is 2.40. The molecule has 0 unspecified atom stereocenters. The maximum Gasteiger partial charge on any atom is 0.255 e. The molecular formula is C23H19N3O5. The molecule has 1 N–H and O–H groups in total. The van der Waals surface area contributed by atoms with Gasteiger partial charge in [-0.15, -0.1) is 0 Å². The number of carbonyl (C=O) groups excluding carboxylic acids is 1. The smallest absolute Gasteiger partial charge is 0.255 e. The van der Waals surface area contributed by atoms with Gasteiger partial charge in [-0.2, -0.15) is 5.26 Å². The largest absolute Gasteiger partial charge is 0.493 e. The number of nitrogens with zero attached hydrogens (tertiary/aromatic N) is 2. The van der Waals surface area contributed by atoms with Crippen LogP contribution in [0.3, 0.4) is 0 Å². The molecule has 0 bridgehead atoms. The van der Waals surface area contributed by atoms with Crippen molar-refractivity contribution in [2.75, 3.05) is 25.6 Å². The summed E-state index contributed by atoms with van der Waals surface area (Å²) in [4.78, 5) is 16.9. The lowest BCUT2D eigenvalue weighted by molar-refractivity contribution is 0.102. The zero-order chi connectivity index (χ0) is 21.8. The number of benzene rings is 2. The van der Waals surface area contributed by atoms with Crippen molar-refractivity contribution in [1.29, 1.82) is 5.26 Å². The predicted octanol–water partition coefficient (Wildman–Crippen LogP) is 4.09. The van der Waals surface area contributed by atoms with Gasteiger partial charge in [0.05, 0.1) is 7.11 Å². The van der Waals surface area contributed by atoms with Crippen molar-refractivity contribution in [3.05, 3.63) is 65.4 Å². The Morgan fingerprint density at radius 1 is 1.19 bits per heavy atom. The van der Waals surface area contributed by atoms with Crippen LogP contribution in [0.15, 0.2) is 48.7 Å².